The van der Waals surface area contributed by atoms with E-state index < -0.39 is 25.3 Å². The van der Waals surface area contributed by atoms with Gasteiger partial charge in [0.1, 0.15) is 11.5 Å². The molecule has 8 nitrogen and oxygen atoms in total. The molecule has 0 heterocycles. The number of hydrogen-bond donors (Lipinski definition) is 0. The van der Waals surface area contributed by atoms with Gasteiger partial charge in [0.25, 0.3) is 0 Å². The molecular weight excluding hydrogens is 396 g/mol. The van der Waals surface area contributed by atoms with E-state index in [1.54, 1.807) is 0 Å². The van der Waals surface area contributed by atoms with Crippen molar-refractivity contribution < 1.29 is 34.8 Å². The Labute approximate surface area is 157 Å². The van der Waals surface area contributed by atoms with Crippen molar-refractivity contribution in [2.24, 2.45) is 0 Å². The molecule has 10 heteroatoms. The standard InChI is InChI=1S/C17H16O8S2/c1-12(18)14-3-7-16(8-4-14)24-26(20,21)11-27(22,23)25-17-9-5-15(6-10-17)13(2)19/h3-10H,11H2,1-2H3. The van der Waals surface area contributed by atoms with Gasteiger partial charge in [-0.25, -0.2) is 0 Å². The minimum absolute atomic E-state index is 0.138. The quantitative estimate of drug-likeness (QED) is 0.478. The van der Waals surface area contributed by atoms with Crippen LogP contribution in [0.4, 0.5) is 0 Å². The molecule has 0 amide bonds. The Bertz CT molecular complexity index is 963. The van der Waals surface area contributed by atoms with Gasteiger partial charge in [-0.05, 0) is 62.4 Å². The number of Topliss-reactive ketones (excluding diaryl/α,β-unsaturated/α-hetero) is 2. The van der Waals surface area contributed by atoms with E-state index in [1.807, 2.05) is 0 Å². The molecule has 27 heavy (non-hydrogen) atoms. The summed E-state index contributed by atoms with van der Waals surface area (Å²) in [6.45, 7) is 2.69. The van der Waals surface area contributed by atoms with Crippen LogP contribution < -0.4 is 8.37 Å². The van der Waals surface area contributed by atoms with Crippen molar-refractivity contribution in [3.05, 3.63) is 59.7 Å². The maximum atomic E-state index is 12.0. The minimum Gasteiger partial charge on any atom is -0.382 e. The molecule has 0 spiro atoms. The Morgan fingerprint density at radius 3 is 1.22 bits per heavy atom. The van der Waals surface area contributed by atoms with Gasteiger partial charge in [-0.1, -0.05) is 0 Å². The maximum absolute atomic E-state index is 12.0. The van der Waals surface area contributed by atoms with Crippen LogP contribution in [0.5, 0.6) is 11.5 Å². The largest absolute Gasteiger partial charge is 0.382 e. The first-order chi connectivity index (χ1) is 12.5. The number of hydrogen-bond acceptors (Lipinski definition) is 8. The number of rotatable bonds is 8. The molecule has 2 rings (SSSR count). The molecule has 0 atom stereocenters. The topological polar surface area (TPSA) is 121 Å². The van der Waals surface area contributed by atoms with Crippen LogP contribution >= 0.6 is 0 Å². The number of ketones is 2. The fourth-order valence-corrected chi connectivity index (χ4v) is 4.62. The van der Waals surface area contributed by atoms with Gasteiger partial charge in [-0.2, -0.15) is 16.8 Å². The number of carbonyl (C=O) groups excluding carboxylic acids is 2. The minimum atomic E-state index is -4.52. The molecule has 2 aromatic rings. The molecule has 0 N–H and O–H groups in total. The summed E-state index contributed by atoms with van der Waals surface area (Å²) >= 11 is 0. The average molecular weight is 412 g/mol. The maximum Gasteiger partial charge on any atom is 0.327 e. The predicted octanol–water partition coefficient (Wildman–Crippen LogP) is 2.17. The first-order valence-corrected chi connectivity index (χ1v) is 10.7. The second-order valence-corrected chi connectivity index (χ2v) is 9.07. The highest BCUT2D eigenvalue weighted by molar-refractivity contribution is 8.04. The molecule has 0 radical (unpaired) electrons. The average Bonchev–Trinajstić information content (AvgIpc) is 2.53. The molecule has 0 saturated heterocycles. The zero-order valence-corrected chi connectivity index (χ0v) is 16.0. The molecule has 0 fully saturated rings. The highest BCUT2D eigenvalue weighted by Crippen LogP contribution is 2.18. The summed E-state index contributed by atoms with van der Waals surface area (Å²) < 4.78 is 57.3. The lowest BCUT2D eigenvalue weighted by Gasteiger charge is -2.09. The smallest absolute Gasteiger partial charge is 0.327 e. The third-order valence-corrected chi connectivity index (χ3v) is 6.46. The fourth-order valence-electron chi connectivity index (χ4n) is 2.01. The molecule has 0 aromatic heterocycles. The summed E-state index contributed by atoms with van der Waals surface area (Å²) in [6.07, 6.45) is 0. The first-order valence-electron chi connectivity index (χ1n) is 7.54. The monoisotopic (exact) mass is 412 g/mol. The van der Waals surface area contributed by atoms with Crippen LogP contribution in [-0.2, 0) is 20.2 Å². The molecule has 2 aromatic carbocycles. The van der Waals surface area contributed by atoms with Gasteiger partial charge in [0.2, 0.25) is 5.08 Å². The normalized spacial score (nSPS) is 11.6. The van der Waals surface area contributed by atoms with E-state index in [9.17, 15) is 26.4 Å². The van der Waals surface area contributed by atoms with Crippen molar-refractivity contribution in [1.29, 1.82) is 0 Å². The molecule has 0 aliphatic carbocycles. The zero-order valence-electron chi connectivity index (χ0n) is 14.4. The van der Waals surface area contributed by atoms with Crippen LogP contribution in [0, 0.1) is 0 Å². The number of benzene rings is 2. The van der Waals surface area contributed by atoms with Gasteiger partial charge >= 0.3 is 20.2 Å². The summed E-state index contributed by atoms with van der Waals surface area (Å²) in [5.41, 5.74) is 0.703. The molecule has 0 bridgehead atoms. The molecule has 0 saturated carbocycles. The summed E-state index contributed by atoms with van der Waals surface area (Å²) in [7, 11) is -9.04. The second-order valence-electron chi connectivity index (χ2n) is 5.56. The second kappa shape index (κ2) is 7.89. The Morgan fingerprint density at radius 2 is 0.963 bits per heavy atom. The van der Waals surface area contributed by atoms with E-state index in [1.165, 1.54) is 62.4 Å². The van der Waals surface area contributed by atoms with Gasteiger partial charge in [0, 0.05) is 11.1 Å². The third kappa shape index (κ3) is 6.19. The van der Waals surface area contributed by atoms with E-state index in [0.717, 1.165) is 0 Å². The van der Waals surface area contributed by atoms with E-state index in [4.69, 9.17) is 8.37 Å². The van der Waals surface area contributed by atoms with Crippen LogP contribution in [0.2, 0.25) is 0 Å². The number of carbonyl (C=O) groups is 2. The Kier molecular flexibility index (Phi) is 6.01. The lowest BCUT2D eigenvalue weighted by atomic mass is 10.1. The first kappa shape index (κ1) is 20.6. The molecular formula is C17H16O8S2. The van der Waals surface area contributed by atoms with Gasteiger partial charge in [0.05, 0.1) is 0 Å². The van der Waals surface area contributed by atoms with Crippen LogP contribution in [0.25, 0.3) is 0 Å². The van der Waals surface area contributed by atoms with Crippen LogP contribution in [-0.4, -0.2) is 33.5 Å². The summed E-state index contributed by atoms with van der Waals surface area (Å²) in [6, 6.07) is 10.4. The highest BCUT2D eigenvalue weighted by Gasteiger charge is 2.26. The predicted molar refractivity (Wildman–Crippen MR) is 96.9 cm³/mol. The highest BCUT2D eigenvalue weighted by atomic mass is 32.3. The summed E-state index contributed by atoms with van der Waals surface area (Å²) in [5.74, 6) is -0.700. The van der Waals surface area contributed by atoms with Crippen LogP contribution in [0.3, 0.4) is 0 Å². The van der Waals surface area contributed by atoms with Crippen molar-refractivity contribution in [2.45, 2.75) is 13.8 Å². The zero-order chi connectivity index (χ0) is 20.2. The van der Waals surface area contributed by atoms with Gasteiger partial charge in [-0.15, -0.1) is 0 Å². The van der Waals surface area contributed by atoms with E-state index in [-0.39, 0.29) is 23.1 Å². The Balaban J connectivity index is 2.08. The molecule has 0 aliphatic rings. The van der Waals surface area contributed by atoms with Crippen molar-refractivity contribution in [1.82, 2.24) is 0 Å². The molecule has 0 unspecified atom stereocenters. The summed E-state index contributed by atoms with van der Waals surface area (Å²) in [4.78, 5) is 22.4. The Morgan fingerprint density at radius 1 is 0.667 bits per heavy atom. The third-order valence-electron chi connectivity index (χ3n) is 3.26. The van der Waals surface area contributed by atoms with E-state index >= 15 is 0 Å². The summed E-state index contributed by atoms with van der Waals surface area (Å²) in [5, 5.41) is -1.41. The Hall–Kier alpha value is -2.72. The van der Waals surface area contributed by atoms with Crippen LogP contribution in [0.15, 0.2) is 48.5 Å². The molecule has 0 aliphatic heterocycles. The SMILES string of the molecule is CC(=O)c1ccc(OS(=O)(=O)CS(=O)(=O)Oc2ccc(C(C)=O)cc2)cc1. The van der Waals surface area contributed by atoms with E-state index in [0.29, 0.717) is 11.1 Å². The van der Waals surface area contributed by atoms with Gasteiger partial charge in [0.15, 0.2) is 11.6 Å². The van der Waals surface area contributed by atoms with Gasteiger partial charge in [-0.3, -0.25) is 9.59 Å². The van der Waals surface area contributed by atoms with Crippen molar-refractivity contribution in [2.75, 3.05) is 5.08 Å². The van der Waals surface area contributed by atoms with Gasteiger partial charge < -0.3 is 8.37 Å². The lowest BCUT2D eigenvalue weighted by molar-refractivity contribution is 0.100. The van der Waals surface area contributed by atoms with E-state index in [2.05, 4.69) is 0 Å². The fraction of sp³-hybridized carbons (Fsp3) is 0.176. The van der Waals surface area contributed by atoms with Crippen molar-refractivity contribution in [3.63, 3.8) is 0 Å². The van der Waals surface area contributed by atoms with Crippen LogP contribution in [0.1, 0.15) is 34.6 Å². The van der Waals surface area contributed by atoms with Crippen molar-refractivity contribution in [3.8, 4) is 11.5 Å². The lowest BCUT2D eigenvalue weighted by Crippen LogP contribution is -2.24. The molecule has 144 valence electrons. The van der Waals surface area contributed by atoms with Crippen molar-refractivity contribution >= 4 is 31.8 Å².